The first-order valence-corrected chi connectivity index (χ1v) is 10.5. The van der Waals surface area contributed by atoms with E-state index in [-0.39, 0.29) is 11.8 Å². The third-order valence-electron chi connectivity index (χ3n) is 4.52. The number of hydrogen-bond donors (Lipinski definition) is 1. The Balaban J connectivity index is 1.60. The number of likely N-dealkylation sites (tertiary alicyclic amines) is 1. The van der Waals surface area contributed by atoms with Crippen molar-refractivity contribution in [3.63, 3.8) is 0 Å². The van der Waals surface area contributed by atoms with Gasteiger partial charge in [0, 0.05) is 35.2 Å². The second kappa shape index (κ2) is 9.81. The Kier molecular flexibility index (Phi) is 7.18. The van der Waals surface area contributed by atoms with Crippen LogP contribution < -0.4 is 5.32 Å². The summed E-state index contributed by atoms with van der Waals surface area (Å²) in [5, 5.41) is 3.71. The monoisotopic (exact) mass is 402 g/mol. The number of hydrogen-bond acceptors (Lipinski definition) is 3. The van der Waals surface area contributed by atoms with Gasteiger partial charge in [-0.05, 0) is 42.7 Å². The molecule has 1 N–H and O–H groups in total. The maximum absolute atomic E-state index is 12.9. The van der Waals surface area contributed by atoms with E-state index < -0.39 is 6.04 Å². The average molecular weight is 403 g/mol. The summed E-state index contributed by atoms with van der Waals surface area (Å²) in [6.45, 7) is 1.17. The van der Waals surface area contributed by atoms with Gasteiger partial charge in [-0.3, -0.25) is 9.59 Å². The maximum Gasteiger partial charge on any atom is 0.247 e. The van der Waals surface area contributed by atoms with Crippen molar-refractivity contribution < 1.29 is 9.59 Å². The van der Waals surface area contributed by atoms with Crippen LogP contribution in [0.4, 0.5) is 0 Å². The molecule has 0 aromatic heterocycles. The standard InChI is InChI=1S/C21H23ClN2O2S/c22-17-9-11-18(12-10-17)27-15-13-23-21(26)20(16-6-2-1-3-7-16)24-14-5-4-8-19(24)25/h1-3,6-7,9-12,20H,4-5,8,13-15H2,(H,23,26). The zero-order valence-corrected chi connectivity index (χ0v) is 16.6. The van der Waals surface area contributed by atoms with Gasteiger partial charge in [0.2, 0.25) is 11.8 Å². The molecule has 1 fully saturated rings. The van der Waals surface area contributed by atoms with Crippen molar-refractivity contribution in [1.29, 1.82) is 0 Å². The number of nitrogens with zero attached hydrogens (tertiary/aromatic N) is 1. The van der Waals surface area contributed by atoms with Crippen molar-refractivity contribution in [1.82, 2.24) is 10.2 Å². The number of rotatable bonds is 7. The number of amides is 2. The fourth-order valence-electron chi connectivity index (χ4n) is 3.18. The first kappa shape index (κ1) is 19.8. The second-order valence-electron chi connectivity index (χ2n) is 6.45. The highest BCUT2D eigenvalue weighted by molar-refractivity contribution is 7.99. The Labute approximate surface area is 169 Å². The van der Waals surface area contributed by atoms with Crippen molar-refractivity contribution in [2.75, 3.05) is 18.8 Å². The van der Waals surface area contributed by atoms with Crippen LogP contribution in [0.1, 0.15) is 30.9 Å². The van der Waals surface area contributed by atoms with Crippen LogP contribution in [0, 0.1) is 0 Å². The lowest BCUT2D eigenvalue weighted by atomic mass is 10.0. The lowest BCUT2D eigenvalue weighted by molar-refractivity contribution is -0.142. The van der Waals surface area contributed by atoms with E-state index in [1.807, 2.05) is 54.6 Å². The van der Waals surface area contributed by atoms with E-state index in [1.165, 1.54) is 0 Å². The Bertz CT molecular complexity index is 768. The van der Waals surface area contributed by atoms with Gasteiger partial charge in [-0.15, -0.1) is 11.8 Å². The van der Waals surface area contributed by atoms with Crippen molar-refractivity contribution >= 4 is 35.2 Å². The molecule has 0 radical (unpaired) electrons. The molecule has 4 nitrogen and oxygen atoms in total. The van der Waals surface area contributed by atoms with Gasteiger partial charge in [-0.1, -0.05) is 41.9 Å². The Hall–Kier alpha value is -1.98. The summed E-state index contributed by atoms with van der Waals surface area (Å²) in [6.07, 6.45) is 2.36. The Morgan fingerprint density at radius 3 is 2.56 bits per heavy atom. The number of carbonyl (C=O) groups excluding carboxylic acids is 2. The predicted octanol–water partition coefficient (Wildman–Crippen LogP) is 4.30. The summed E-state index contributed by atoms with van der Waals surface area (Å²) in [7, 11) is 0. The number of benzene rings is 2. The van der Waals surface area contributed by atoms with Crippen LogP contribution in [0.3, 0.4) is 0 Å². The van der Waals surface area contributed by atoms with Crippen LogP contribution in [-0.4, -0.2) is 35.6 Å². The molecule has 0 aliphatic carbocycles. The van der Waals surface area contributed by atoms with Crippen molar-refractivity contribution in [2.24, 2.45) is 0 Å². The fraction of sp³-hybridized carbons (Fsp3) is 0.333. The van der Waals surface area contributed by atoms with Crippen molar-refractivity contribution in [3.05, 3.63) is 65.2 Å². The van der Waals surface area contributed by atoms with Gasteiger partial charge in [0.25, 0.3) is 0 Å². The highest BCUT2D eigenvalue weighted by Gasteiger charge is 2.32. The van der Waals surface area contributed by atoms with Gasteiger partial charge >= 0.3 is 0 Å². The van der Waals surface area contributed by atoms with E-state index in [2.05, 4.69) is 5.32 Å². The average Bonchev–Trinajstić information content (AvgIpc) is 2.69. The van der Waals surface area contributed by atoms with Gasteiger partial charge in [-0.25, -0.2) is 0 Å². The van der Waals surface area contributed by atoms with E-state index in [0.29, 0.717) is 24.5 Å². The molecule has 2 amide bonds. The molecule has 2 aromatic carbocycles. The third-order valence-corrected chi connectivity index (χ3v) is 5.78. The molecule has 1 unspecified atom stereocenters. The summed E-state index contributed by atoms with van der Waals surface area (Å²) in [4.78, 5) is 28.1. The molecule has 6 heteroatoms. The smallest absolute Gasteiger partial charge is 0.247 e. The molecule has 1 atom stereocenters. The molecule has 0 bridgehead atoms. The van der Waals surface area contributed by atoms with Crippen LogP contribution in [0.2, 0.25) is 5.02 Å². The molecule has 2 aromatic rings. The summed E-state index contributed by atoms with van der Waals surface area (Å²) in [5.41, 5.74) is 0.857. The van der Waals surface area contributed by atoms with Crippen molar-refractivity contribution in [3.8, 4) is 0 Å². The fourth-order valence-corrected chi connectivity index (χ4v) is 4.07. The molecule has 1 aliphatic heterocycles. The van der Waals surface area contributed by atoms with Crippen LogP contribution in [0.25, 0.3) is 0 Å². The maximum atomic E-state index is 12.9. The largest absolute Gasteiger partial charge is 0.353 e. The highest BCUT2D eigenvalue weighted by atomic mass is 35.5. The SMILES string of the molecule is O=C(NCCSc1ccc(Cl)cc1)C(c1ccccc1)N1CCCCC1=O. The van der Waals surface area contributed by atoms with Gasteiger partial charge < -0.3 is 10.2 Å². The van der Waals surface area contributed by atoms with E-state index in [4.69, 9.17) is 11.6 Å². The van der Waals surface area contributed by atoms with Crippen LogP contribution in [-0.2, 0) is 9.59 Å². The minimum absolute atomic E-state index is 0.0563. The molecule has 142 valence electrons. The molecular formula is C21H23ClN2O2S. The second-order valence-corrected chi connectivity index (χ2v) is 8.06. The zero-order valence-electron chi connectivity index (χ0n) is 15.1. The van der Waals surface area contributed by atoms with Crippen LogP contribution >= 0.6 is 23.4 Å². The zero-order chi connectivity index (χ0) is 19.1. The summed E-state index contributed by atoms with van der Waals surface area (Å²) in [6, 6.07) is 16.6. The lowest BCUT2D eigenvalue weighted by Crippen LogP contribution is -2.46. The summed E-state index contributed by atoms with van der Waals surface area (Å²) < 4.78 is 0. The number of piperidine rings is 1. The van der Waals surface area contributed by atoms with E-state index in [9.17, 15) is 9.59 Å². The predicted molar refractivity (Wildman–Crippen MR) is 110 cm³/mol. The quantitative estimate of drug-likeness (QED) is 0.554. The van der Waals surface area contributed by atoms with Gasteiger partial charge in [0.05, 0.1) is 0 Å². The molecule has 0 saturated carbocycles. The number of nitrogens with one attached hydrogen (secondary N) is 1. The van der Waals surface area contributed by atoms with E-state index >= 15 is 0 Å². The summed E-state index contributed by atoms with van der Waals surface area (Å²) >= 11 is 7.56. The number of carbonyl (C=O) groups is 2. The number of halogens is 1. The van der Waals surface area contributed by atoms with Gasteiger partial charge in [0.1, 0.15) is 6.04 Å². The van der Waals surface area contributed by atoms with Gasteiger partial charge in [0.15, 0.2) is 0 Å². The van der Waals surface area contributed by atoms with Crippen molar-refractivity contribution in [2.45, 2.75) is 30.2 Å². The van der Waals surface area contributed by atoms with Crippen LogP contribution in [0.5, 0.6) is 0 Å². The summed E-state index contributed by atoms with van der Waals surface area (Å²) in [5.74, 6) is 0.692. The third kappa shape index (κ3) is 5.50. The van der Waals surface area contributed by atoms with Gasteiger partial charge in [-0.2, -0.15) is 0 Å². The number of thioether (sulfide) groups is 1. The first-order chi connectivity index (χ1) is 13.1. The normalized spacial score (nSPS) is 15.4. The minimum Gasteiger partial charge on any atom is -0.353 e. The first-order valence-electron chi connectivity index (χ1n) is 9.15. The molecular weight excluding hydrogens is 380 g/mol. The Morgan fingerprint density at radius 2 is 1.85 bits per heavy atom. The topological polar surface area (TPSA) is 49.4 Å². The Morgan fingerprint density at radius 1 is 1.11 bits per heavy atom. The molecule has 3 rings (SSSR count). The van der Waals surface area contributed by atoms with E-state index in [0.717, 1.165) is 29.1 Å². The lowest BCUT2D eigenvalue weighted by Gasteiger charge is -2.34. The van der Waals surface area contributed by atoms with E-state index in [1.54, 1.807) is 16.7 Å². The minimum atomic E-state index is -0.556. The highest BCUT2D eigenvalue weighted by Crippen LogP contribution is 2.26. The molecule has 1 aliphatic rings. The molecule has 0 spiro atoms. The molecule has 1 saturated heterocycles. The molecule has 27 heavy (non-hydrogen) atoms. The van der Waals surface area contributed by atoms with Crippen LogP contribution in [0.15, 0.2) is 59.5 Å². The molecule has 1 heterocycles.